The summed E-state index contributed by atoms with van der Waals surface area (Å²) < 4.78 is 0. The minimum Gasteiger partial charge on any atom is -0.396 e. The lowest BCUT2D eigenvalue weighted by Gasteiger charge is -2.15. The molecule has 0 saturated carbocycles. The molecule has 2 rings (SSSR count). The molecule has 0 fully saturated rings. The van der Waals surface area contributed by atoms with Crippen molar-refractivity contribution in [3.8, 4) is 0 Å². The summed E-state index contributed by atoms with van der Waals surface area (Å²) in [7, 11) is 0. The van der Waals surface area contributed by atoms with E-state index in [1.165, 1.54) is 0 Å². The van der Waals surface area contributed by atoms with E-state index in [0.717, 1.165) is 23.6 Å². The Labute approximate surface area is 119 Å². The van der Waals surface area contributed by atoms with E-state index in [2.05, 4.69) is 12.2 Å². The third-order valence-corrected chi connectivity index (χ3v) is 3.70. The van der Waals surface area contributed by atoms with Gasteiger partial charge in [0.05, 0.1) is 0 Å². The van der Waals surface area contributed by atoms with Crippen molar-refractivity contribution < 1.29 is 9.90 Å². The number of amides is 1. The molecular formula is C17H21NO2. The molecule has 0 spiro atoms. The van der Waals surface area contributed by atoms with Gasteiger partial charge in [-0.1, -0.05) is 49.7 Å². The molecule has 3 nitrogen and oxygen atoms in total. The van der Waals surface area contributed by atoms with Crippen LogP contribution < -0.4 is 5.32 Å². The van der Waals surface area contributed by atoms with E-state index in [4.69, 9.17) is 5.11 Å². The van der Waals surface area contributed by atoms with Crippen LogP contribution >= 0.6 is 0 Å². The average molecular weight is 271 g/mol. The van der Waals surface area contributed by atoms with Gasteiger partial charge in [0.25, 0.3) is 5.91 Å². The Morgan fingerprint density at radius 2 is 1.95 bits per heavy atom. The van der Waals surface area contributed by atoms with Gasteiger partial charge in [-0.3, -0.25) is 4.79 Å². The van der Waals surface area contributed by atoms with Crippen molar-refractivity contribution >= 4 is 16.7 Å². The number of aliphatic hydroxyl groups excluding tert-OH is 1. The lowest BCUT2D eigenvalue weighted by atomic mass is 10.0. The maximum absolute atomic E-state index is 12.3. The van der Waals surface area contributed by atoms with Gasteiger partial charge in [0.2, 0.25) is 0 Å². The van der Waals surface area contributed by atoms with Crippen molar-refractivity contribution in [3.05, 3.63) is 48.0 Å². The van der Waals surface area contributed by atoms with E-state index in [0.29, 0.717) is 18.0 Å². The second-order valence-corrected chi connectivity index (χ2v) is 5.02. The number of hydrogen-bond donors (Lipinski definition) is 2. The number of benzene rings is 2. The topological polar surface area (TPSA) is 49.3 Å². The van der Waals surface area contributed by atoms with Crippen LogP contribution in [0.5, 0.6) is 0 Å². The van der Waals surface area contributed by atoms with E-state index in [1.54, 1.807) is 0 Å². The standard InChI is InChI=1S/C17H21NO2/c1-2-13(10-11-19)12-18-17(20)16-9-5-7-14-6-3-4-8-15(14)16/h3-9,13,19H,2,10-12H2,1H3,(H,18,20). The second-order valence-electron chi connectivity index (χ2n) is 5.02. The highest BCUT2D eigenvalue weighted by Crippen LogP contribution is 2.18. The van der Waals surface area contributed by atoms with Gasteiger partial charge in [-0.25, -0.2) is 0 Å². The van der Waals surface area contributed by atoms with Gasteiger partial charge in [0.1, 0.15) is 0 Å². The van der Waals surface area contributed by atoms with Crippen molar-refractivity contribution in [1.29, 1.82) is 0 Å². The molecule has 0 aliphatic rings. The first kappa shape index (κ1) is 14.5. The van der Waals surface area contributed by atoms with E-state index < -0.39 is 0 Å². The molecule has 0 aliphatic carbocycles. The first-order valence-corrected chi connectivity index (χ1v) is 7.13. The van der Waals surface area contributed by atoms with Crippen molar-refractivity contribution in [2.75, 3.05) is 13.2 Å². The van der Waals surface area contributed by atoms with Crippen molar-refractivity contribution in [1.82, 2.24) is 5.32 Å². The number of rotatable bonds is 6. The van der Waals surface area contributed by atoms with Crippen LogP contribution in [0.3, 0.4) is 0 Å². The quantitative estimate of drug-likeness (QED) is 0.848. The monoisotopic (exact) mass is 271 g/mol. The summed E-state index contributed by atoms with van der Waals surface area (Å²) >= 11 is 0. The summed E-state index contributed by atoms with van der Waals surface area (Å²) in [6, 6.07) is 13.7. The molecule has 20 heavy (non-hydrogen) atoms. The van der Waals surface area contributed by atoms with Gasteiger partial charge >= 0.3 is 0 Å². The number of nitrogens with one attached hydrogen (secondary N) is 1. The predicted molar refractivity (Wildman–Crippen MR) is 81.8 cm³/mol. The van der Waals surface area contributed by atoms with Crippen molar-refractivity contribution in [2.45, 2.75) is 19.8 Å². The zero-order chi connectivity index (χ0) is 14.4. The Bertz CT molecular complexity index is 575. The SMILES string of the molecule is CCC(CCO)CNC(=O)c1cccc2ccccc12. The lowest BCUT2D eigenvalue weighted by Crippen LogP contribution is -2.29. The Balaban J connectivity index is 2.11. The maximum Gasteiger partial charge on any atom is 0.251 e. The van der Waals surface area contributed by atoms with Gasteiger partial charge in [0, 0.05) is 18.7 Å². The van der Waals surface area contributed by atoms with Gasteiger partial charge in [0.15, 0.2) is 0 Å². The Kier molecular flexibility index (Phi) is 5.13. The van der Waals surface area contributed by atoms with Gasteiger partial charge in [-0.15, -0.1) is 0 Å². The molecule has 2 aromatic carbocycles. The molecule has 0 radical (unpaired) electrons. The van der Waals surface area contributed by atoms with Crippen molar-refractivity contribution in [3.63, 3.8) is 0 Å². The Hall–Kier alpha value is -1.87. The largest absolute Gasteiger partial charge is 0.396 e. The fraction of sp³-hybridized carbons (Fsp3) is 0.353. The Morgan fingerprint density at radius 3 is 2.70 bits per heavy atom. The average Bonchev–Trinajstić information content (AvgIpc) is 2.50. The molecule has 0 bridgehead atoms. The van der Waals surface area contributed by atoms with Gasteiger partial charge < -0.3 is 10.4 Å². The van der Waals surface area contributed by atoms with Gasteiger partial charge in [-0.05, 0) is 29.2 Å². The summed E-state index contributed by atoms with van der Waals surface area (Å²) in [4.78, 5) is 12.3. The molecule has 1 amide bonds. The molecule has 3 heteroatoms. The van der Waals surface area contributed by atoms with E-state index in [1.807, 2.05) is 42.5 Å². The van der Waals surface area contributed by atoms with E-state index in [-0.39, 0.29) is 12.5 Å². The molecule has 0 saturated heterocycles. The van der Waals surface area contributed by atoms with Crippen LogP contribution in [-0.2, 0) is 0 Å². The Morgan fingerprint density at radius 1 is 1.20 bits per heavy atom. The highest BCUT2D eigenvalue weighted by Gasteiger charge is 2.11. The second kappa shape index (κ2) is 7.06. The first-order valence-electron chi connectivity index (χ1n) is 7.13. The summed E-state index contributed by atoms with van der Waals surface area (Å²) in [5.74, 6) is 0.289. The highest BCUT2D eigenvalue weighted by molar-refractivity contribution is 6.06. The summed E-state index contributed by atoms with van der Waals surface area (Å²) in [6.07, 6.45) is 1.68. The molecule has 0 heterocycles. The summed E-state index contributed by atoms with van der Waals surface area (Å²) in [6.45, 7) is 2.85. The minimum atomic E-state index is -0.0433. The van der Waals surface area contributed by atoms with Crippen molar-refractivity contribution in [2.24, 2.45) is 5.92 Å². The van der Waals surface area contributed by atoms with Crippen LogP contribution in [0, 0.1) is 5.92 Å². The third kappa shape index (κ3) is 3.36. The molecule has 1 unspecified atom stereocenters. The number of hydrogen-bond acceptors (Lipinski definition) is 2. The van der Waals surface area contributed by atoms with Crippen LogP contribution in [0.4, 0.5) is 0 Å². The number of fused-ring (bicyclic) bond motifs is 1. The minimum absolute atomic E-state index is 0.0433. The smallest absolute Gasteiger partial charge is 0.251 e. The zero-order valence-corrected chi connectivity index (χ0v) is 11.8. The molecular weight excluding hydrogens is 250 g/mol. The molecule has 0 aliphatic heterocycles. The normalized spacial score (nSPS) is 12.3. The zero-order valence-electron chi connectivity index (χ0n) is 11.8. The number of carbonyl (C=O) groups excluding carboxylic acids is 1. The van der Waals surface area contributed by atoms with Crippen LogP contribution in [0.1, 0.15) is 30.1 Å². The third-order valence-electron chi connectivity index (χ3n) is 3.70. The fourth-order valence-corrected chi connectivity index (χ4v) is 2.39. The van der Waals surface area contributed by atoms with Crippen LogP contribution in [0.2, 0.25) is 0 Å². The van der Waals surface area contributed by atoms with Crippen LogP contribution in [0.15, 0.2) is 42.5 Å². The molecule has 0 aromatic heterocycles. The lowest BCUT2D eigenvalue weighted by molar-refractivity contribution is 0.0945. The van der Waals surface area contributed by atoms with E-state index >= 15 is 0 Å². The molecule has 106 valence electrons. The molecule has 2 aromatic rings. The maximum atomic E-state index is 12.3. The molecule has 1 atom stereocenters. The van der Waals surface area contributed by atoms with Crippen LogP contribution in [0.25, 0.3) is 10.8 Å². The highest BCUT2D eigenvalue weighted by atomic mass is 16.3. The summed E-state index contributed by atoms with van der Waals surface area (Å²) in [5.41, 5.74) is 0.710. The summed E-state index contributed by atoms with van der Waals surface area (Å²) in [5, 5.41) is 14.0. The predicted octanol–water partition coefficient (Wildman–Crippen LogP) is 2.98. The fourth-order valence-electron chi connectivity index (χ4n) is 2.39. The number of aliphatic hydroxyl groups is 1. The van der Waals surface area contributed by atoms with Crippen LogP contribution in [-0.4, -0.2) is 24.2 Å². The first-order chi connectivity index (χ1) is 9.76. The number of carbonyl (C=O) groups is 1. The molecule has 2 N–H and O–H groups in total. The van der Waals surface area contributed by atoms with Gasteiger partial charge in [-0.2, -0.15) is 0 Å². The van der Waals surface area contributed by atoms with E-state index in [9.17, 15) is 4.79 Å².